The molecule has 0 saturated heterocycles. The number of nitrogens with zero attached hydrogens (tertiary/aromatic N) is 2. The molecule has 0 spiro atoms. The first-order valence-corrected chi connectivity index (χ1v) is 26.3. The smallest absolute Gasteiger partial charge is 0.0520 e. The predicted molar refractivity (Wildman–Crippen MR) is 315 cm³/mol. The van der Waals surface area contributed by atoms with Crippen molar-refractivity contribution in [2.75, 3.05) is 9.80 Å². The molecule has 0 atom stereocenters. The largest absolute Gasteiger partial charge is 0.310 e. The van der Waals surface area contributed by atoms with E-state index < -0.39 is 0 Å². The standard InChI is InChI=1S/C67H58Br2N2/c1-41-38-46(66(4,5)6)20-37-62(41)70(51-29-21-48(68)22-30-51)50-25-16-44(17-26-50)54-33-35-60-61-36-34-55(57-13-11-15-59(64(57)61)58-14-10-12-56(54)63(58)60)45-18-27-52(28-19-45)71(53-31-23-49(69)24-32-53)65-42(2)39-47(40-43(65)3)67(7,8)9/h10-40H,1-9H3. The highest BCUT2D eigenvalue weighted by Gasteiger charge is 2.24. The Balaban J connectivity index is 0.982. The zero-order valence-electron chi connectivity index (χ0n) is 42.0. The average Bonchev–Trinajstić information content (AvgIpc) is 3.35. The van der Waals surface area contributed by atoms with Gasteiger partial charge in [-0.05, 0) is 204 Å². The molecular formula is C67H58Br2N2. The van der Waals surface area contributed by atoms with Gasteiger partial charge < -0.3 is 9.80 Å². The van der Waals surface area contributed by atoms with Crippen LogP contribution in [0, 0.1) is 20.8 Å². The second-order valence-electron chi connectivity index (χ2n) is 21.5. The number of fused-ring (bicyclic) bond motifs is 2. The molecule has 0 bridgehead atoms. The first-order valence-electron chi connectivity index (χ1n) is 24.7. The number of benzene rings is 11. The normalized spacial score (nSPS) is 12.2. The maximum absolute atomic E-state index is 3.68. The Morgan fingerprint density at radius 3 is 1.11 bits per heavy atom. The summed E-state index contributed by atoms with van der Waals surface area (Å²) in [6.07, 6.45) is 0. The summed E-state index contributed by atoms with van der Waals surface area (Å²) in [4.78, 5) is 4.79. The monoisotopic (exact) mass is 1050 g/mol. The molecule has 0 amide bonds. The molecule has 0 aliphatic rings. The molecule has 0 N–H and O–H groups in total. The number of anilines is 6. The van der Waals surface area contributed by atoms with Crippen molar-refractivity contribution in [3.8, 4) is 22.3 Å². The van der Waals surface area contributed by atoms with E-state index in [1.165, 1.54) is 105 Å². The van der Waals surface area contributed by atoms with Crippen molar-refractivity contribution < 1.29 is 0 Å². The molecule has 0 radical (unpaired) electrons. The van der Waals surface area contributed by atoms with Gasteiger partial charge in [0.2, 0.25) is 0 Å². The van der Waals surface area contributed by atoms with Gasteiger partial charge in [0.05, 0.1) is 5.69 Å². The Labute approximate surface area is 436 Å². The van der Waals surface area contributed by atoms with Gasteiger partial charge in [0, 0.05) is 37.4 Å². The van der Waals surface area contributed by atoms with Crippen molar-refractivity contribution in [3.05, 3.63) is 225 Å². The lowest BCUT2D eigenvalue weighted by Crippen LogP contribution is -2.16. The summed E-state index contributed by atoms with van der Waals surface area (Å²) in [7, 11) is 0. The molecule has 2 nitrogen and oxygen atoms in total. The number of hydrogen-bond donors (Lipinski definition) is 0. The van der Waals surface area contributed by atoms with Gasteiger partial charge in [-0.2, -0.15) is 0 Å². The molecule has 0 aliphatic carbocycles. The van der Waals surface area contributed by atoms with Crippen LogP contribution in [-0.4, -0.2) is 0 Å². The van der Waals surface area contributed by atoms with Gasteiger partial charge in [-0.1, -0.05) is 183 Å². The number of hydrogen-bond acceptors (Lipinski definition) is 2. The number of rotatable bonds is 8. The summed E-state index contributed by atoms with van der Waals surface area (Å²) in [5.74, 6) is 0. The highest BCUT2D eigenvalue weighted by atomic mass is 79.9. The zero-order chi connectivity index (χ0) is 49.5. The molecule has 4 heteroatoms. The summed E-state index contributed by atoms with van der Waals surface area (Å²) in [5.41, 5.74) is 18.3. The van der Waals surface area contributed by atoms with E-state index in [1.54, 1.807) is 0 Å². The van der Waals surface area contributed by atoms with Crippen molar-refractivity contribution in [2.45, 2.75) is 73.1 Å². The van der Waals surface area contributed by atoms with E-state index in [4.69, 9.17) is 0 Å². The summed E-state index contributed by atoms with van der Waals surface area (Å²) in [6.45, 7) is 20.4. The maximum Gasteiger partial charge on any atom is 0.0520 e. The van der Waals surface area contributed by atoms with Gasteiger partial charge in [-0.25, -0.2) is 0 Å². The molecule has 0 fully saturated rings. The number of aryl methyl sites for hydroxylation is 3. The third-order valence-corrected chi connectivity index (χ3v) is 15.6. The summed E-state index contributed by atoms with van der Waals surface area (Å²) < 4.78 is 2.13. The lowest BCUT2D eigenvalue weighted by molar-refractivity contribution is 0.589. The van der Waals surface area contributed by atoms with E-state index >= 15 is 0 Å². The molecule has 0 saturated carbocycles. The summed E-state index contributed by atoms with van der Waals surface area (Å²) >= 11 is 7.34. The fourth-order valence-electron chi connectivity index (χ4n) is 10.9. The van der Waals surface area contributed by atoms with Gasteiger partial charge >= 0.3 is 0 Å². The van der Waals surface area contributed by atoms with Crippen molar-refractivity contribution >= 4 is 109 Å². The maximum atomic E-state index is 3.68. The van der Waals surface area contributed by atoms with E-state index in [1.807, 2.05) is 0 Å². The molecule has 0 heterocycles. The van der Waals surface area contributed by atoms with Crippen molar-refractivity contribution in [3.63, 3.8) is 0 Å². The fraction of sp³-hybridized carbons (Fsp3) is 0.164. The lowest BCUT2D eigenvalue weighted by Gasteiger charge is -2.31. The first-order chi connectivity index (χ1) is 34.0. The quantitative estimate of drug-likeness (QED) is 0.111. The van der Waals surface area contributed by atoms with Crippen LogP contribution in [-0.2, 0) is 10.8 Å². The van der Waals surface area contributed by atoms with Crippen molar-refractivity contribution in [1.29, 1.82) is 0 Å². The van der Waals surface area contributed by atoms with E-state index in [9.17, 15) is 0 Å². The van der Waals surface area contributed by atoms with Crippen LogP contribution in [0.5, 0.6) is 0 Å². The zero-order valence-corrected chi connectivity index (χ0v) is 45.2. The van der Waals surface area contributed by atoms with Crippen LogP contribution in [0.1, 0.15) is 69.4 Å². The minimum Gasteiger partial charge on any atom is -0.310 e. The van der Waals surface area contributed by atoms with E-state index in [2.05, 4.69) is 292 Å². The molecule has 350 valence electrons. The lowest BCUT2D eigenvalue weighted by atomic mass is 9.84. The molecule has 0 unspecified atom stereocenters. The minimum atomic E-state index is 0.0621. The average molecular weight is 1050 g/mol. The highest BCUT2D eigenvalue weighted by molar-refractivity contribution is 9.10. The van der Waals surface area contributed by atoms with E-state index in [0.717, 1.165) is 31.7 Å². The van der Waals surface area contributed by atoms with Crippen LogP contribution < -0.4 is 9.80 Å². The van der Waals surface area contributed by atoms with Gasteiger partial charge in [-0.3, -0.25) is 0 Å². The fourth-order valence-corrected chi connectivity index (χ4v) is 11.5. The van der Waals surface area contributed by atoms with Crippen LogP contribution in [0.15, 0.2) is 197 Å². The highest BCUT2D eigenvalue weighted by Crippen LogP contribution is 2.47. The molecule has 11 aromatic carbocycles. The van der Waals surface area contributed by atoms with Gasteiger partial charge in [-0.15, -0.1) is 0 Å². The van der Waals surface area contributed by atoms with E-state index in [0.29, 0.717) is 0 Å². The van der Waals surface area contributed by atoms with Crippen LogP contribution in [0.4, 0.5) is 34.1 Å². The molecular weight excluding hydrogens is 993 g/mol. The van der Waals surface area contributed by atoms with Gasteiger partial charge in [0.1, 0.15) is 0 Å². The Bertz CT molecular complexity index is 3760. The third-order valence-electron chi connectivity index (χ3n) is 14.6. The second kappa shape index (κ2) is 17.8. The minimum absolute atomic E-state index is 0.0621. The second-order valence-corrected chi connectivity index (χ2v) is 23.3. The predicted octanol–water partition coefficient (Wildman–Crippen LogP) is 21.1. The molecule has 0 aliphatic heterocycles. The SMILES string of the molecule is Cc1cc(C(C)(C)C)ccc1N(c1ccc(Br)cc1)c1ccc(-c2ccc3c4ccc(-c5ccc(N(c6ccc(Br)cc6)c6c(C)cc(C(C)(C)C)cc6C)cc5)c5cccc(c6cccc2c63)c54)cc1. The topological polar surface area (TPSA) is 6.48 Å². The van der Waals surface area contributed by atoms with Gasteiger partial charge in [0.15, 0.2) is 0 Å². The van der Waals surface area contributed by atoms with Crippen LogP contribution in [0.25, 0.3) is 65.3 Å². The third kappa shape index (κ3) is 8.39. The van der Waals surface area contributed by atoms with Crippen LogP contribution in [0.2, 0.25) is 0 Å². The van der Waals surface area contributed by atoms with Crippen LogP contribution >= 0.6 is 31.9 Å². The Hall–Kier alpha value is -6.72. The Morgan fingerprint density at radius 1 is 0.338 bits per heavy atom. The number of halogens is 2. The first kappa shape index (κ1) is 46.7. The van der Waals surface area contributed by atoms with Crippen molar-refractivity contribution in [2.24, 2.45) is 0 Å². The molecule has 11 rings (SSSR count). The molecule has 0 aromatic heterocycles. The molecule has 11 aromatic rings. The summed E-state index contributed by atoms with van der Waals surface area (Å²) in [5, 5.41) is 10.3. The summed E-state index contributed by atoms with van der Waals surface area (Å²) in [6, 6.07) is 70.4. The van der Waals surface area contributed by atoms with E-state index in [-0.39, 0.29) is 10.8 Å². The van der Waals surface area contributed by atoms with Gasteiger partial charge in [0.25, 0.3) is 0 Å². The van der Waals surface area contributed by atoms with Crippen LogP contribution in [0.3, 0.4) is 0 Å². The Kier molecular flexibility index (Phi) is 11.7. The van der Waals surface area contributed by atoms with Crippen molar-refractivity contribution in [1.82, 2.24) is 0 Å². The Morgan fingerprint density at radius 2 is 0.704 bits per heavy atom. The molecule has 71 heavy (non-hydrogen) atoms.